The summed E-state index contributed by atoms with van der Waals surface area (Å²) in [6.45, 7) is 1.54. The minimum Gasteiger partial charge on any atom is -0.487 e. The van der Waals surface area contributed by atoms with Crippen molar-refractivity contribution in [2.24, 2.45) is 11.1 Å². The summed E-state index contributed by atoms with van der Waals surface area (Å²) in [7, 11) is 0. The molecular weight excluding hydrogens is 259 g/mol. The predicted molar refractivity (Wildman–Crippen MR) is 63.4 cm³/mol. The van der Waals surface area contributed by atoms with Gasteiger partial charge in [-0.2, -0.15) is 0 Å². The zero-order valence-corrected chi connectivity index (χ0v) is 10.4. The highest BCUT2D eigenvalue weighted by Crippen LogP contribution is 2.31. The van der Waals surface area contributed by atoms with Crippen LogP contribution in [0.1, 0.15) is 12.8 Å². The van der Waals surface area contributed by atoms with Gasteiger partial charge < -0.3 is 15.2 Å². The van der Waals surface area contributed by atoms with Crippen LogP contribution in [0, 0.1) is 22.9 Å². The second kappa shape index (κ2) is 5.79. The molecule has 0 unspecified atom stereocenters. The summed E-state index contributed by atoms with van der Waals surface area (Å²) in [6.07, 6.45) is 1.35. The van der Waals surface area contributed by atoms with Crippen LogP contribution in [-0.4, -0.2) is 26.4 Å². The van der Waals surface area contributed by atoms with Gasteiger partial charge in [0.2, 0.25) is 0 Å². The molecule has 0 bridgehead atoms. The number of ether oxygens (including phenoxy) is 2. The molecule has 2 rings (SSSR count). The molecule has 1 heterocycles. The summed E-state index contributed by atoms with van der Waals surface area (Å²) >= 11 is 0. The number of nitrogens with two attached hydrogens (primary N) is 1. The molecule has 0 radical (unpaired) electrons. The van der Waals surface area contributed by atoms with Crippen LogP contribution in [0.5, 0.6) is 5.75 Å². The number of hydrogen-bond donors (Lipinski definition) is 1. The van der Waals surface area contributed by atoms with Crippen molar-refractivity contribution in [2.75, 3.05) is 26.4 Å². The van der Waals surface area contributed by atoms with E-state index in [2.05, 4.69) is 0 Å². The third-order valence-electron chi connectivity index (χ3n) is 3.47. The first-order valence-corrected chi connectivity index (χ1v) is 6.11. The van der Waals surface area contributed by atoms with Gasteiger partial charge in [0.25, 0.3) is 0 Å². The van der Waals surface area contributed by atoms with Gasteiger partial charge in [-0.3, -0.25) is 0 Å². The van der Waals surface area contributed by atoms with Crippen LogP contribution >= 0.6 is 0 Å². The molecule has 0 aromatic heterocycles. The second-order valence-electron chi connectivity index (χ2n) is 4.80. The number of halogens is 3. The van der Waals surface area contributed by atoms with Crippen LogP contribution in [0.4, 0.5) is 13.2 Å². The van der Waals surface area contributed by atoms with Crippen molar-refractivity contribution in [3.63, 3.8) is 0 Å². The van der Waals surface area contributed by atoms with Gasteiger partial charge in [0.15, 0.2) is 17.4 Å². The third kappa shape index (κ3) is 3.19. The molecular formula is C13H16F3NO2. The van der Waals surface area contributed by atoms with Crippen LogP contribution in [0.25, 0.3) is 0 Å². The van der Waals surface area contributed by atoms with Gasteiger partial charge in [-0.25, -0.2) is 13.2 Å². The van der Waals surface area contributed by atoms with E-state index in [9.17, 15) is 13.2 Å². The molecule has 0 atom stereocenters. The Hall–Kier alpha value is -1.27. The highest BCUT2D eigenvalue weighted by atomic mass is 19.1. The van der Waals surface area contributed by atoms with Gasteiger partial charge in [0, 0.05) is 37.3 Å². The van der Waals surface area contributed by atoms with E-state index in [1.807, 2.05) is 0 Å². The molecule has 1 fully saturated rings. The van der Waals surface area contributed by atoms with Crippen LogP contribution in [-0.2, 0) is 4.74 Å². The molecule has 1 aliphatic rings. The summed E-state index contributed by atoms with van der Waals surface area (Å²) < 4.78 is 50.1. The lowest BCUT2D eigenvalue weighted by Gasteiger charge is -2.35. The Bertz CT molecular complexity index is 425. The van der Waals surface area contributed by atoms with Crippen LogP contribution < -0.4 is 10.5 Å². The first-order valence-electron chi connectivity index (χ1n) is 6.11. The Balaban J connectivity index is 2.09. The standard InChI is InChI=1S/C13H16F3NO2/c14-9-5-10(15)12(11(16)6-9)19-8-13(7-17)1-3-18-4-2-13/h5-6H,1-4,7-8,17H2. The normalized spacial score (nSPS) is 18.3. The molecule has 2 N–H and O–H groups in total. The minimum absolute atomic E-state index is 0.0896. The van der Waals surface area contributed by atoms with Crippen molar-refractivity contribution in [1.82, 2.24) is 0 Å². The predicted octanol–water partition coefficient (Wildman–Crippen LogP) is 2.24. The fourth-order valence-electron chi connectivity index (χ4n) is 2.10. The molecule has 19 heavy (non-hydrogen) atoms. The summed E-state index contributed by atoms with van der Waals surface area (Å²) in [5.74, 6) is -3.61. The number of rotatable bonds is 4. The van der Waals surface area contributed by atoms with E-state index >= 15 is 0 Å². The average molecular weight is 275 g/mol. The molecule has 0 amide bonds. The fraction of sp³-hybridized carbons (Fsp3) is 0.538. The van der Waals surface area contributed by atoms with E-state index in [1.165, 1.54) is 0 Å². The summed E-state index contributed by atoms with van der Waals surface area (Å²) in [5.41, 5.74) is 5.38. The van der Waals surface area contributed by atoms with E-state index in [4.69, 9.17) is 15.2 Å². The van der Waals surface area contributed by atoms with E-state index in [0.717, 1.165) is 0 Å². The van der Waals surface area contributed by atoms with Crippen LogP contribution in [0.15, 0.2) is 12.1 Å². The van der Waals surface area contributed by atoms with Gasteiger partial charge in [-0.05, 0) is 12.8 Å². The Morgan fingerprint density at radius 1 is 1.16 bits per heavy atom. The van der Waals surface area contributed by atoms with Crippen molar-refractivity contribution in [1.29, 1.82) is 0 Å². The van der Waals surface area contributed by atoms with E-state index in [0.29, 0.717) is 44.7 Å². The lowest BCUT2D eigenvalue weighted by molar-refractivity contribution is -0.00636. The van der Waals surface area contributed by atoms with Crippen molar-refractivity contribution in [3.05, 3.63) is 29.6 Å². The molecule has 0 aliphatic carbocycles. The summed E-state index contributed by atoms with van der Waals surface area (Å²) in [4.78, 5) is 0. The molecule has 1 aromatic rings. The molecule has 3 nitrogen and oxygen atoms in total. The van der Waals surface area contributed by atoms with Crippen molar-refractivity contribution >= 4 is 0 Å². The van der Waals surface area contributed by atoms with Crippen molar-refractivity contribution < 1.29 is 22.6 Å². The quantitative estimate of drug-likeness (QED) is 0.916. The Morgan fingerprint density at radius 3 is 2.26 bits per heavy atom. The highest BCUT2D eigenvalue weighted by molar-refractivity contribution is 5.27. The zero-order valence-electron chi connectivity index (χ0n) is 10.4. The van der Waals surface area contributed by atoms with Gasteiger partial charge >= 0.3 is 0 Å². The molecule has 6 heteroatoms. The van der Waals surface area contributed by atoms with Gasteiger partial charge in [-0.15, -0.1) is 0 Å². The van der Waals surface area contributed by atoms with Crippen molar-refractivity contribution in [3.8, 4) is 5.75 Å². The Morgan fingerprint density at radius 2 is 1.74 bits per heavy atom. The maximum Gasteiger partial charge on any atom is 0.190 e. The SMILES string of the molecule is NCC1(COc2c(F)cc(F)cc2F)CCOCC1. The smallest absolute Gasteiger partial charge is 0.190 e. The van der Waals surface area contributed by atoms with E-state index in [1.54, 1.807) is 0 Å². The molecule has 1 aliphatic heterocycles. The van der Waals surface area contributed by atoms with Gasteiger partial charge in [-0.1, -0.05) is 0 Å². The van der Waals surface area contributed by atoms with Gasteiger partial charge in [0.05, 0.1) is 6.61 Å². The Kier molecular flexibility index (Phi) is 4.31. The maximum atomic E-state index is 13.4. The summed E-state index contributed by atoms with van der Waals surface area (Å²) in [5, 5.41) is 0. The molecule has 0 saturated carbocycles. The lowest BCUT2D eigenvalue weighted by Crippen LogP contribution is -2.41. The minimum atomic E-state index is -1.04. The van der Waals surface area contributed by atoms with E-state index in [-0.39, 0.29) is 12.0 Å². The monoisotopic (exact) mass is 275 g/mol. The van der Waals surface area contributed by atoms with Crippen LogP contribution in [0.2, 0.25) is 0 Å². The maximum absolute atomic E-state index is 13.4. The second-order valence-corrected chi connectivity index (χ2v) is 4.80. The molecule has 0 spiro atoms. The number of hydrogen-bond acceptors (Lipinski definition) is 3. The lowest BCUT2D eigenvalue weighted by atomic mass is 9.81. The third-order valence-corrected chi connectivity index (χ3v) is 3.47. The topological polar surface area (TPSA) is 44.5 Å². The largest absolute Gasteiger partial charge is 0.487 e. The summed E-state index contributed by atoms with van der Waals surface area (Å²) in [6, 6.07) is 1.19. The highest BCUT2D eigenvalue weighted by Gasteiger charge is 2.32. The molecule has 1 saturated heterocycles. The van der Waals surface area contributed by atoms with Crippen LogP contribution in [0.3, 0.4) is 0 Å². The fourth-order valence-corrected chi connectivity index (χ4v) is 2.10. The first kappa shape index (κ1) is 14.1. The molecule has 1 aromatic carbocycles. The molecule has 106 valence electrons. The van der Waals surface area contributed by atoms with Gasteiger partial charge in [0.1, 0.15) is 5.82 Å². The van der Waals surface area contributed by atoms with E-state index < -0.39 is 23.2 Å². The average Bonchev–Trinajstić information content (AvgIpc) is 2.38. The zero-order chi connectivity index (χ0) is 13.9. The Labute approximate surface area is 109 Å². The van der Waals surface area contributed by atoms with Crippen molar-refractivity contribution in [2.45, 2.75) is 12.8 Å². The first-order chi connectivity index (χ1) is 9.06. The number of benzene rings is 1.